The van der Waals surface area contributed by atoms with Gasteiger partial charge in [-0.15, -0.1) is 0 Å². The average Bonchev–Trinajstić information content (AvgIpc) is 3.02. The number of nitrogens with zero attached hydrogens (tertiary/aromatic N) is 1. The molecule has 3 rings (SSSR count). The number of ether oxygens (including phenoxy) is 2. The Hall–Kier alpha value is -2.88. The summed E-state index contributed by atoms with van der Waals surface area (Å²) in [5.41, 5.74) is 1.19. The Kier molecular flexibility index (Phi) is 6.21. The predicted molar refractivity (Wildman–Crippen MR) is 104 cm³/mol. The Balaban J connectivity index is 1.73. The van der Waals surface area contributed by atoms with Gasteiger partial charge in [-0.3, -0.25) is 9.10 Å². The number of anilines is 2. The highest BCUT2D eigenvalue weighted by atomic mass is 32.2. The summed E-state index contributed by atoms with van der Waals surface area (Å²) in [6.45, 7) is -0.680. The van der Waals surface area contributed by atoms with Crippen LogP contribution in [0.2, 0.25) is 0 Å². The summed E-state index contributed by atoms with van der Waals surface area (Å²) in [5, 5.41) is 2.67. The second kappa shape index (κ2) is 8.64. The molecule has 7 nitrogen and oxygen atoms in total. The first-order chi connectivity index (χ1) is 13.8. The number of sulfonamides is 1. The van der Waals surface area contributed by atoms with Crippen LogP contribution in [0, 0.1) is 0 Å². The molecule has 1 heterocycles. The Bertz CT molecular complexity index is 981. The minimum Gasteiger partial charge on any atom is -0.490 e. The van der Waals surface area contributed by atoms with Crippen molar-refractivity contribution < 1.29 is 31.5 Å². The molecule has 10 heteroatoms. The van der Waals surface area contributed by atoms with E-state index in [1.54, 1.807) is 31.2 Å². The lowest BCUT2D eigenvalue weighted by Crippen LogP contribution is -2.25. The van der Waals surface area contributed by atoms with Crippen molar-refractivity contribution in [1.29, 1.82) is 0 Å². The number of rotatable bonds is 7. The lowest BCUT2D eigenvalue weighted by Gasteiger charge is -2.17. The van der Waals surface area contributed by atoms with Gasteiger partial charge in [0.1, 0.15) is 0 Å². The Morgan fingerprint density at radius 1 is 1.17 bits per heavy atom. The molecule has 156 valence electrons. The molecule has 1 fully saturated rings. The van der Waals surface area contributed by atoms with Crippen LogP contribution in [0.25, 0.3) is 0 Å². The zero-order valence-electron chi connectivity index (χ0n) is 15.6. The smallest absolute Gasteiger partial charge is 0.387 e. The van der Waals surface area contributed by atoms with Gasteiger partial charge in [0, 0.05) is 17.8 Å². The summed E-state index contributed by atoms with van der Waals surface area (Å²) in [7, 11) is -3.28. The number of halogens is 2. The number of alkyl halides is 2. The lowest BCUT2D eigenvalue weighted by atomic mass is 10.1. The number of carbonyl (C=O) groups excluding carboxylic acids is 1. The number of nitrogens with one attached hydrogen (secondary N) is 1. The number of amides is 1. The molecule has 1 amide bonds. The van der Waals surface area contributed by atoms with Gasteiger partial charge in [-0.25, -0.2) is 8.42 Å². The largest absolute Gasteiger partial charge is 0.490 e. The van der Waals surface area contributed by atoms with Crippen LogP contribution in [0.1, 0.15) is 23.7 Å². The normalized spacial score (nSPS) is 15.4. The van der Waals surface area contributed by atoms with Gasteiger partial charge in [-0.05, 0) is 55.8 Å². The Labute approximate surface area is 167 Å². The van der Waals surface area contributed by atoms with Gasteiger partial charge in [0.25, 0.3) is 5.91 Å². The number of hydrogen-bond acceptors (Lipinski definition) is 5. The third-order valence-corrected chi connectivity index (χ3v) is 6.10. The van der Waals surface area contributed by atoms with Gasteiger partial charge in [0.2, 0.25) is 10.0 Å². The van der Waals surface area contributed by atoms with Gasteiger partial charge in [0.15, 0.2) is 11.5 Å². The lowest BCUT2D eigenvalue weighted by molar-refractivity contribution is -0.0514. The van der Waals surface area contributed by atoms with Crippen LogP contribution in [0.3, 0.4) is 0 Å². The predicted octanol–water partition coefficient (Wildman–Crippen LogP) is 3.48. The van der Waals surface area contributed by atoms with Gasteiger partial charge < -0.3 is 14.8 Å². The average molecular weight is 426 g/mol. The van der Waals surface area contributed by atoms with Crippen LogP contribution in [-0.2, 0) is 10.0 Å². The third-order valence-electron chi connectivity index (χ3n) is 4.23. The van der Waals surface area contributed by atoms with Crippen molar-refractivity contribution in [3.05, 3.63) is 48.0 Å². The summed E-state index contributed by atoms with van der Waals surface area (Å²) in [6.07, 6.45) is 0.578. The Morgan fingerprint density at radius 2 is 1.90 bits per heavy atom. The summed E-state index contributed by atoms with van der Waals surface area (Å²) < 4.78 is 59.9. The molecule has 0 aromatic heterocycles. The van der Waals surface area contributed by atoms with Crippen molar-refractivity contribution in [3.63, 3.8) is 0 Å². The summed E-state index contributed by atoms with van der Waals surface area (Å²) in [5.74, 6) is -0.473. The van der Waals surface area contributed by atoms with Crippen LogP contribution in [-0.4, -0.2) is 39.8 Å². The number of carbonyl (C=O) groups is 1. The SMILES string of the molecule is CCOc1cc(C(=O)Nc2ccc(N3CCCS3(=O)=O)cc2)ccc1OC(F)F. The number of benzene rings is 2. The fourth-order valence-electron chi connectivity index (χ4n) is 2.95. The summed E-state index contributed by atoms with van der Waals surface area (Å²) in [6, 6.07) is 10.3. The molecule has 2 aromatic rings. The molecule has 1 aliphatic rings. The van der Waals surface area contributed by atoms with Crippen molar-refractivity contribution >= 4 is 27.3 Å². The molecular weight excluding hydrogens is 406 g/mol. The van der Waals surface area contributed by atoms with Crippen LogP contribution in [0.4, 0.5) is 20.2 Å². The van der Waals surface area contributed by atoms with Crippen molar-refractivity contribution in [2.45, 2.75) is 20.0 Å². The molecule has 1 saturated heterocycles. The molecule has 2 aromatic carbocycles. The van der Waals surface area contributed by atoms with E-state index in [0.717, 1.165) is 0 Å². The highest BCUT2D eigenvalue weighted by molar-refractivity contribution is 7.93. The minimum absolute atomic E-state index is 0.0371. The first-order valence-corrected chi connectivity index (χ1v) is 10.5. The molecule has 0 spiro atoms. The fourth-order valence-corrected chi connectivity index (χ4v) is 4.52. The van der Waals surface area contributed by atoms with Gasteiger partial charge in [-0.1, -0.05) is 0 Å². The molecule has 0 radical (unpaired) electrons. The highest BCUT2D eigenvalue weighted by Gasteiger charge is 2.28. The van der Waals surface area contributed by atoms with Crippen LogP contribution in [0.5, 0.6) is 11.5 Å². The molecule has 0 unspecified atom stereocenters. The summed E-state index contributed by atoms with van der Waals surface area (Å²) in [4.78, 5) is 12.5. The molecule has 0 atom stereocenters. The Morgan fingerprint density at radius 3 is 2.48 bits per heavy atom. The first-order valence-electron chi connectivity index (χ1n) is 8.93. The van der Waals surface area contributed by atoms with Crippen molar-refractivity contribution in [1.82, 2.24) is 0 Å². The van der Waals surface area contributed by atoms with Gasteiger partial charge in [-0.2, -0.15) is 8.78 Å². The van der Waals surface area contributed by atoms with E-state index in [2.05, 4.69) is 10.1 Å². The first kappa shape index (κ1) is 20.8. The van der Waals surface area contributed by atoms with Crippen molar-refractivity contribution in [3.8, 4) is 11.5 Å². The van der Waals surface area contributed by atoms with Gasteiger partial charge >= 0.3 is 6.61 Å². The molecule has 0 saturated carbocycles. The van der Waals surface area contributed by atoms with E-state index < -0.39 is 22.5 Å². The highest BCUT2D eigenvalue weighted by Crippen LogP contribution is 2.30. The number of hydrogen-bond donors (Lipinski definition) is 1. The molecule has 29 heavy (non-hydrogen) atoms. The van der Waals surface area contributed by atoms with Gasteiger partial charge in [0.05, 0.1) is 18.0 Å². The second-order valence-electron chi connectivity index (χ2n) is 6.22. The standard InChI is InChI=1S/C19H20F2N2O5S/c1-2-27-17-12-13(4-9-16(17)28-19(20)21)18(24)22-14-5-7-15(8-6-14)23-10-3-11-29(23,25)26/h4-9,12,19H,2-3,10-11H2,1H3,(H,22,24). The van der Waals surface area contributed by atoms with E-state index in [4.69, 9.17) is 4.74 Å². The van der Waals surface area contributed by atoms with E-state index >= 15 is 0 Å². The quantitative estimate of drug-likeness (QED) is 0.733. The van der Waals surface area contributed by atoms with E-state index in [1.165, 1.54) is 22.5 Å². The maximum atomic E-state index is 12.5. The summed E-state index contributed by atoms with van der Waals surface area (Å²) >= 11 is 0. The van der Waals surface area contributed by atoms with E-state index in [1.807, 2.05) is 0 Å². The maximum Gasteiger partial charge on any atom is 0.387 e. The van der Waals surface area contributed by atoms with Crippen molar-refractivity contribution in [2.24, 2.45) is 0 Å². The van der Waals surface area contributed by atoms with E-state index in [0.29, 0.717) is 24.3 Å². The van der Waals surface area contributed by atoms with Crippen molar-refractivity contribution in [2.75, 3.05) is 28.5 Å². The molecule has 0 bridgehead atoms. The van der Waals surface area contributed by atoms with E-state index in [9.17, 15) is 22.0 Å². The molecule has 0 aliphatic carbocycles. The molecule has 1 aliphatic heterocycles. The second-order valence-corrected chi connectivity index (χ2v) is 8.23. The van der Waals surface area contributed by atoms with E-state index in [-0.39, 0.29) is 29.4 Å². The molecule has 1 N–H and O–H groups in total. The van der Waals surface area contributed by atoms with Crippen LogP contribution < -0.4 is 19.1 Å². The zero-order chi connectivity index (χ0) is 21.0. The molecular formula is C19H20F2N2O5S. The minimum atomic E-state index is -3.28. The van der Waals surface area contributed by atoms with Crippen LogP contribution in [0.15, 0.2) is 42.5 Å². The monoisotopic (exact) mass is 426 g/mol. The fraction of sp³-hybridized carbons (Fsp3) is 0.316. The maximum absolute atomic E-state index is 12.5. The third kappa shape index (κ3) is 4.94. The van der Waals surface area contributed by atoms with Crippen LogP contribution >= 0.6 is 0 Å². The zero-order valence-corrected chi connectivity index (χ0v) is 16.4. The topological polar surface area (TPSA) is 84.9 Å².